The van der Waals surface area contributed by atoms with Crippen LogP contribution in [0.4, 0.5) is 4.39 Å². The molecular formula is C15H15ClFNO. The minimum atomic E-state index is -0.259. The second-order valence-corrected chi connectivity index (χ2v) is 4.90. The van der Waals surface area contributed by atoms with Gasteiger partial charge in [0.1, 0.15) is 17.3 Å². The molecule has 0 bridgehead atoms. The Morgan fingerprint density at radius 3 is 2.53 bits per heavy atom. The Kier molecular flexibility index (Phi) is 4.08. The molecule has 2 N–H and O–H groups in total. The van der Waals surface area contributed by atoms with Crippen molar-refractivity contribution in [2.24, 2.45) is 5.73 Å². The van der Waals surface area contributed by atoms with Crippen LogP contribution < -0.4 is 10.5 Å². The van der Waals surface area contributed by atoms with Gasteiger partial charge in [-0.25, -0.2) is 4.39 Å². The number of hydrogen-bond acceptors (Lipinski definition) is 2. The van der Waals surface area contributed by atoms with Gasteiger partial charge in [0.25, 0.3) is 0 Å². The molecule has 0 heterocycles. The Bertz CT molecular complexity index is 599. The van der Waals surface area contributed by atoms with Gasteiger partial charge < -0.3 is 10.5 Å². The molecule has 0 radical (unpaired) electrons. The molecule has 0 spiro atoms. The van der Waals surface area contributed by atoms with Crippen LogP contribution in [0, 0.1) is 12.7 Å². The monoisotopic (exact) mass is 279 g/mol. The van der Waals surface area contributed by atoms with Crippen LogP contribution in [0.15, 0.2) is 36.4 Å². The van der Waals surface area contributed by atoms with Gasteiger partial charge in [0, 0.05) is 6.04 Å². The summed E-state index contributed by atoms with van der Waals surface area (Å²) in [6.45, 7) is 3.57. The van der Waals surface area contributed by atoms with Gasteiger partial charge in [-0.3, -0.25) is 0 Å². The highest BCUT2D eigenvalue weighted by Gasteiger charge is 2.08. The minimum absolute atomic E-state index is 0.0837. The van der Waals surface area contributed by atoms with E-state index in [4.69, 9.17) is 22.1 Å². The van der Waals surface area contributed by atoms with Crippen LogP contribution in [-0.2, 0) is 0 Å². The first kappa shape index (κ1) is 13.8. The van der Waals surface area contributed by atoms with Crippen LogP contribution in [0.1, 0.15) is 24.1 Å². The number of aryl methyl sites for hydroxylation is 1. The average Bonchev–Trinajstić information content (AvgIpc) is 2.36. The number of halogens is 2. The van der Waals surface area contributed by atoms with Crippen molar-refractivity contribution in [1.82, 2.24) is 0 Å². The predicted octanol–water partition coefficient (Wildman–Crippen LogP) is 4.60. The molecule has 0 aliphatic heterocycles. The largest absolute Gasteiger partial charge is 0.456 e. The lowest BCUT2D eigenvalue weighted by Gasteiger charge is -2.11. The fourth-order valence-electron chi connectivity index (χ4n) is 1.69. The van der Waals surface area contributed by atoms with Crippen LogP contribution in [0.2, 0.25) is 5.02 Å². The smallest absolute Gasteiger partial charge is 0.146 e. The van der Waals surface area contributed by atoms with Crippen molar-refractivity contribution >= 4 is 11.6 Å². The van der Waals surface area contributed by atoms with Gasteiger partial charge in [0.2, 0.25) is 0 Å². The summed E-state index contributed by atoms with van der Waals surface area (Å²) in [6.07, 6.45) is 0. The standard InChI is InChI=1S/C15H15ClFNO/c1-9-7-12(4-5-14(9)17)19-15-6-3-11(10(2)18)8-13(15)16/h3-8,10H,18H2,1-2H3. The quantitative estimate of drug-likeness (QED) is 0.891. The highest BCUT2D eigenvalue weighted by molar-refractivity contribution is 6.32. The third kappa shape index (κ3) is 3.25. The summed E-state index contributed by atoms with van der Waals surface area (Å²) in [5, 5.41) is 0.483. The van der Waals surface area contributed by atoms with E-state index < -0.39 is 0 Å². The van der Waals surface area contributed by atoms with E-state index in [1.807, 2.05) is 13.0 Å². The van der Waals surface area contributed by atoms with Crippen molar-refractivity contribution in [1.29, 1.82) is 0 Å². The molecule has 0 saturated carbocycles. The van der Waals surface area contributed by atoms with Gasteiger partial charge in [0.05, 0.1) is 5.02 Å². The zero-order valence-electron chi connectivity index (χ0n) is 10.8. The lowest BCUT2D eigenvalue weighted by molar-refractivity contribution is 0.479. The van der Waals surface area contributed by atoms with E-state index in [-0.39, 0.29) is 11.9 Å². The molecule has 100 valence electrons. The zero-order valence-corrected chi connectivity index (χ0v) is 11.5. The van der Waals surface area contributed by atoms with E-state index in [2.05, 4.69) is 0 Å². The maximum atomic E-state index is 13.2. The lowest BCUT2D eigenvalue weighted by Crippen LogP contribution is -2.04. The van der Waals surface area contributed by atoms with E-state index in [1.54, 1.807) is 31.2 Å². The van der Waals surface area contributed by atoms with Crippen LogP contribution in [-0.4, -0.2) is 0 Å². The van der Waals surface area contributed by atoms with Gasteiger partial charge in [0.15, 0.2) is 0 Å². The number of nitrogens with two attached hydrogens (primary N) is 1. The molecule has 2 aromatic carbocycles. The molecule has 2 nitrogen and oxygen atoms in total. The molecule has 0 amide bonds. The Morgan fingerprint density at radius 1 is 1.21 bits per heavy atom. The zero-order chi connectivity index (χ0) is 14.0. The third-order valence-electron chi connectivity index (χ3n) is 2.84. The van der Waals surface area contributed by atoms with Crippen molar-refractivity contribution in [3.8, 4) is 11.5 Å². The highest BCUT2D eigenvalue weighted by Crippen LogP contribution is 2.31. The molecule has 19 heavy (non-hydrogen) atoms. The second kappa shape index (κ2) is 5.59. The normalized spacial score (nSPS) is 12.3. The molecular weight excluding hydrogens is 265 g/mol. The van der Waals surface area contributed by atoms with Gasteiger partial charge in [-0.15, -0.1) is 0 Å². The van der Waals surface area contributed by atoms with Gasteiger partial charge >= 0.3 is 0 Å². The Balaban J connectivity index is 2.25. The van der Waals surface area contributed by atoms with Crippen LogP contribution in [0.5, 0.6) is 11.5 Å². The first-order chi connectivity index (χ1) is 8.97. The number of benzene rings is 2. The molecule has 2 aromatic rings. The Labute approximate surface area is 117 Å². The SMILES string of the molecule is Cc1cc(Oc2ccc(C(C)N)cc2Cl)ccc1F. The molecule has 1 unspecified atom stereocenters. The van der Waals surface area contributed by atoms with Crippen LogP contribution in [0.3, 0.4) is 0 Å². The molecule has 0 fully saturated rings. The minimum Gasteiger partial charge on any atom is -0.456 e. The molecule has 1 atom stereocenters. The van der Waals surface area contributed by atoms with Gasteiger partial charge in [-0.1, -0.05) is 17.7 Å². The maximum Gasteiger partial charge on any atom is 0.146 e. The summed E-state index contributed by atoms with van der Waals surface area (Å²) in [7, 11) is 0. The molecule has 0 aromatic heterocycles. The van der Waals surface area contributed by atoms with E-state index in [1.165, 1.54) is 6.07 Å². The summed E-state index contributed by atoms with van der Waals surface area (Å²) in [6, 6.07) is 9.89. The third-order valence-corrected chi connectivity index (χ3v) is 3.13. The maximum absolute atomic E-state index is 13.2. The summed E-state index contributed by atoms with van der Waals surface area (Å²) < 4.78 is 18.8. The van der Waals surface area contributed by atoms with Crippen molar-refractivity contribution in [3.05, 3.63) is 58.4 Å². The highest BCUT2D eigenvalue weighted by atomic mass is 35.5. The summed E-state index contributed by atoms with van der Waals surface area (Å²) in [4.78, 5) is 0. The average molecular weight is 280 g/mol. The number of hydrogen-bond donors (Lipinski definition) is 1. The predicted molar refractivity (Wildman–Crippen MR) is 75.3 cm³/mol. The summed E-state index contributed by atoms with van der Waals surface area (Å²) in [5.41, 5.74) is 7.25. The Hall–Kier alpha value is -1.58. The number of rotatable bonds is 3. The van der Waals surface area contributed by atoms with Crippen molar-refractivity contribution in [2.45, 2.75) is 19.9 Å². The van der Waals surface area contributed by atoms with Crippen molar-refractivity contribution < 1.29 is 9.13 Å². The Morgan fingerprint density at radius 2 is 1.95 bits per heavy atom. The van der Waals surface area contributed by atoms with Crippen molar-refractivity contribution in [2.75, 3.05) is 0 Å². The van der Waals surface area contributed by atoms with Gasteiger partial charge in [-0.05, 0) is 55.3 Å². The lowest BCUT2D eigenvalue weighted by atomic mass is 10.1. The van der Waals surface area contributed by atoms with E-state index in [0.717, 1.165) is 5.56 Å². The molecule has 2 rings (SSSR count). The van der Waals surface area contributed by atoms with E-state index >= 15 is 0 Å². The fraction of sp³-hybridized carbons (Fsp3) is 0.200. The van der Waals surface area contributed by atoms with Crippen LogP contribution >= 0.6 is 11.6 Å². The molecule has 0 saturated heterocycles. The first-order valence-electron chi connectivity index (χ1n) is 5.96. The van der Waals surface area contributed by atoms with E-state index in [0.29, 0.717) is 22.1 Å². The molecule has 4 heteroatoms. The van der Waals surface area contributed by atoms with Crippen LogP contribution in [0.25, 0.3) is 0 Å². The molecule has 0 aliphatic carbocycles. The summed E-state index contributed by atoms with van der Waals surface area (Å²) in [5.74, 6) is 0.817. The fourth-order valence-corrected chi connectivity index (χ4v) is 1.92. The first-order valence-corrected chi connectivity index (χ1v) is 6.34. The van der Waals surface area contributed by atoms with Crippen molar-refractivity contribution in [3.63, 3.8) is 0 Å². The van der Waals surface area contributed by atoms with Gasteiger partial charge in [-0.2, -0.15) is 0 Å². The summed E-state index contributed by atoms with van der Waals surface area (Å²) >= 11 is 6.14. The second-order valence-electron chi connectivity index (χ2n) is 4.49. The number of ether oxygens (including phenoxy) is 1. The van der Waals surface area contributed by atoms with E-state index in [9.17, 15) is 4.39 Å². The molecule has 0 aliphatic rings. The topological polar surface area (TPSA) is 35.2 Å².